The van der Waals surface area contributed by atoms with Gasteiger partial charge in [0.05, 0.1) is 18.9 Å². The topological polar surface area (TPSA) is 48.0 Å². The minimum Gasteiger partial charge on any atom is -0.454 e. The van der Waals surface area contributed by atoms with Crippen LogP contribution in [0.1, 0.15) is 15.9 Å². The first kappa shape index (κ1) is 16.6. The van der Waals surface area contributed by atoms with Crippen LogP contribution in [0, 0.1) is 5.82 Å². The lowest BCUT2D eigenvalue weighted by Gasteiger charge is -2.29. The van der Waals surface area contributed by atoms with E-state index in [-0.39, 0.29) is 12.6 Å². The highest BCUT2D eigenvalue weighted by Gasteiger charge is 2.17. The van der Waals surface area contributed by atoms with Gasteiger partial charge in [-0.2, -0.15) is 0 Å². The molecule has 0 bridgehead atoms. The van der Waals surface area contributed by atoms with Crippen LogP contribution in [0.25, 0.3) is 6.08 Å². The first-order valence-corrected chi connectivity index (χ1v) is 8.45. The van der Waals surface area contributed by atoms with E-state index in [0.29, 0.717) is 49.1 Å². The molecule has 0 aliphatic carbocycles. The van der Waals surface area contributed by atoms with Gasteiger partial charge in [0.2, 0.25) is 6.79 Å². The molecule has 0 amide bonds. The van der Waals surface area contributed by atoms with Gasteiger partial charge in [-0.3, -0.25) is 4.79 Å². The molecule has 0 radical (unpaired) electrons. The molecule has 0 atom stereocenters. The van der Waals surface area contributed by atoms with E-state index in [1.165, 1.54) is 12.1 Å². The van der Waals surface area contributed by atoms with Crippen molar-refractivity contribution in [3.8, 4) is 11.5 Å². The predicted octanol–water partition coefficient (Wildman–Crippen LogP) is 3.29. The number of nitrogens with zero attached hydrogens (tertiary/aromatic N) is 1. The highest BCUT2D eigenvalue weighted by Crippen LogP contribution is 2.36. The molecule has 2 aliphatic rings. The molecule has 5 nitrogen and oxygen atoms in total. The van der Waals surface area contributed by atoms with Gasteiger partial charge in [0, 0.05) is 24.2 Å². The number of para-hydroxylation sites is 1. The maximum absolute atomic E-state index is 14.4. The van der Waals surface area contributed by atoms with Gasteiger partial charge in [-0.05, 0) is 36.4 Å². The van der Waals surface area contributed by atoms with E-state index >= 15 is 0 Å². The smallest absolute Gasteiger partial charge is 0.231 e. The van der Waals surface area contributed by atoms with Crippen LogP contribution in [0.2, 0.25) is 0 Å². The van der Waals surface area contributed by atoms with Crippen molar-refractivity contribution in [3.05, 3.63) is 59.4 Å². The highest BCUT2D eigenvalue weighted by molar-refractivity contribution is 6.07. The molecule has 1 fully saturated rings. The first-order chi connectivity index (χ1) is 12.7. The summed E-state index contributed by atoms with van der Waals surface area (Å²) in [7, 11) is 0. The van der Waals surface area contributed by atoms with Gasteiger partial charge in [0.15, 0.2) is 17.3 Å². The van der Waals surface area contributed by atoms with Crippen LogP contribution < -0.4 is 14.4 Å². The predicted molar refractivity (Wildman–Crippen MR) is 95.4 cm³/mol. The van der Waals surface area contributed by atoms with Crippen LogP contribution in [0.5, 0.6) is 11.5 Å². The van der Waals surface area contributed by atoms with E-state index in [1.54, 1.807) is 24.3 Å². The molecule has 0 spiro atoms. The maximum Gasteiger partial charge on any atom is 0.231 e. The Balaban J connectivity index is 1.51. The van der Waals surface area contributed by atoms with Crippen molar-refractivity contribution < 1.29 is 23.4 Å². The Labute approximate surface area is 150 Å². The van der Waals surface area contributed by atoms with Crippen molar-refractivity contribution in [2.75, 3.05) is 38.0 Å². The molecule has 6 heteroatoms. The largest absolute Gasteiger partial charge is 0.454 e. The molecule has 4 rings (SSSR count). The molecule has 0 N–H and O–H groups in total. The zero-order valence-corrected chi connectivity index (χ0v) is 14.1. The number of benzene rings is 2. The monoisotopic (exact) mass is 355 g/mol. The SMILES string of the molecule is O=C(C=Cc1cccc2c1OCO2)c1ccc(N2CCOCC2)c(F)c1. The second kappa shape index (κ2) is 7.17. The first-order valence-electron chi connectivity index (χ1n) is 8.45. The quantitative estimate of drug-likeness (QED) is 0.622. The molecular weight excluding hydrogens is 337 g/mol. The average Bonchev–Trinajstić information content (AvgIpc) is 3.16. The minimum atomic E-state index is -0.400. The van der Waals surface area contributed by atoms with Crippen LogP contribution >= 0.6 is 0 Å². The number of rotatable bonds is 4. The highest BCUT2D eigenvalue weighted by atomic mass is 19.1. The van der Waals surface area contributed by atoms with Gasteiger partial charge in [0.1, 0.15) is 5.82 Å². The average molecular weight is 355 g/mol. The van der Waals surface area contributed by atoms with Crippen molar-refractivity contribution >= 4 is 17.5 Å². The summed E-state index contributed by atoms with van der Waals surface area (Å²) in [5.41, 5.74) is 1.56. The maximum atomic E-state index is 14.4. The Bertz CT molecular complexity index is 859. The third-order valence-corrected chi connectivity index (χ3v) is 4.43. The number of hydrogen-bond donors (Lipinski definition) is 0. The Kier molecular flexibility index (Phi) is 4.58. The molecular formula is C20H18FNO4. The zero-order chi connectivity index (χ0) is 17.9. The zero-order valence-electron chi connectivity index (χ0n) is 14.1. The van der Waals surface area contributed by atoms with Crippen molar-refractivity contribution in [3.63, 3.8) is 0 Å². The summed E-state index contributed by atoms with van der Waals surface area (Å²) in [6.45, 7) is 2.62. The molecule has 2 aromatic carbocycles. The van der Waals surface area contributed by atoms with Crippen LogP contribution in [0.4, 0.5) is 10.1 Å². The van der Waals surface area contributed by atoms with E-state index in [4.69, 9.17) is 14.2 Å². The fourth-order valence-electron chi connectivity index (χ4n) is 3.07. The summed E-state index contributed by atoms with van der Waals surface area (Å²) in [6, 6.07) is 10.1. The van der Waals surface area contributed by atoms with Crippen LogP contribution in [-0.2, 0) is 4.74 Å². The molecule has 26 heavy (non-hydrogen) atoms. The molecule has 134 valence electrons. The number of hydrogen-bond acceptors (Lipinski definition) is 5. The Morgan fingerprint density at radius 3 is 2.77 bits per heavy atom. The van der Waals surface area contributed by atoms with Gasteiger partial charge in [-0.1, -0.05) is 12.1 Å². The Hall–Kier alpha value is -2.86. The normalized spacial score (nSPS) is 16.3. The molecule has 0 unspecified atom stereocenters. The lowest BCUT2D eigenvalue weighted by Crippen LogP contribution is -2.36. The van der Waals surface area contributed by atoms with Gasteiger partial charge in [-0.25, -0.2) is 4.39 Å². The van der Waals surface area contributed by atoms with Gasteiger partial charge < -0.3 is 19.1 Å². The fraction of sp³-hybridized carbons (Fsp3) is 0.250. The number of fused-ring (bicyclic) bond motifs is 1. The molecule has 1 saturated heterocycles. The molecule has 2 aromatic rings. The number of carbonyl (C=O) groups excluding carboxylic acids is 1. The van der Waals surface area contributed by atoms with Crippen molar-refractivity contribution in [1.29, 1.82) is 0 Å². The van der Waals surface area contributed by atoms with Crippen molar-refractivity contribution in [2.45, 2.75) is 0 Å². The van der Waals surface area contributed by atoms with Gasteiger partial charge in [-0.15, -0.1) is 0 Å². The standard InChI is InChI=1S/C20H18FNO4/c21-16-12-15(4-6-17(16)22-8-10-24-11-9-22)18(23)7-5-14-2-1-3-19-20(14)26-13-25-19/h1-7,12H,8-11,13H2. The van der Waals surface area contributed by atoms with Crippen LogP contribution in [-0.4, -0.2) is 38.9 Å². The number of halogens is 1. The van der Waals surface area contributed by atoms with E-state index in [1.807, 2.05) is 17.0 Å². The summed E-state index contributed by atoms with van der Waals surface area (Å²) in [6.07, 6.45) is 3.07. The summed E-state index contributed by atoms with van der Waals surface area (Å²) in [5.74, 6) is 0.600. The van der Waals surface area contributed by atoms with E-state index in [2.05, 4.69) is 0 Å². The second-order valence-corrected chi connectivity index (χ2v) is 6.04. The van der Waals surface area contributed by atoms with E-state index < -0.39 is 5.82 Å². The summed E-state index contributed by atoms with van der Waals surface area (Å²) >= 11 is 0. The van der Waals surface area contributed by atoms with Gasteiger partial charge >= 0.3 is 0 Å². The van der Waals surface area contributed by atoms with E-state index in [9.17, 15) is 9.18 Å². The number of carbonyl (C=O) groups is 1. The van der Waals surface area contributed by atoms with E-state index in [0.717, 1.165) is 5.56 Å². The summed E-state index contributed by atoms with van der Waals surface area (Å²) in [5, 5.41) is 0. The molecule has 2 heterocycles. The lowest BCUT2D eigenvalue weighted by atomic mass is 10.1. The molecule has 2 aliphatic heterocycles. The molecule has 0 aromatic heterocycles. The van der Waals surface area contributed by atoms with Crippen LogP contribution in [0.3, 0.4) is 0 Å². The summed E-state index contributed by atoms with van der Waals surface area (Å²) in [4.78, 5) is 14.3. The third-order valence-electron chi connectivity index (χ3n) is 4.43. The summed E-state index contributed by atoms with van der Waals surface area (Å²) < 4.78 is 30.4. The molecule has 0 saturated carbocycles. The van der Waals surface area contributed by atoms with Crippen molar-refractivity contribution in [2.24, 2.45) is 0 Å². The second-order valence-electron chi connectivity index (χ2n) is 6.04. The lowest BCUT2D eigenvalue weighted by molar-refractivity contribution is 0.104. The number of morpholine rings is 1. The Morgan fingerprint density at radius 1 is 1.12 bits per heavy atom. The number of ether oxygens (including phenoxy) is 3. The number of anilines is 1. The third kappa shape index (κ3) is 3.28. The minimum absolute atomic E-state index is 0.169. The number of allylic oxidation sites excluding steroid dienone is 1. The fourth-order valence-corrected chi connectivity index (χ4v) is 3.07. The number of ketones is 1. The van der Waals surface area contributed by atoms with Crippen molar-refractivity contribution in [1.82, 2.24) is 0 Å². The van der Waals surface area contributed by atoms with Gasteiger partial charge in [0.25, 0.3) is 0 Å². The van der Waals surface area contributed by atoms with Crippen LogP contribution in [0.15, 0.2) is 42.5 Å². The Morgan fingerprint density at radius 2 is 1.96 bits per heavy atom.